The Bertz CT molecular complexity index is 414. The zero-order valence-electron chi connectivity index (χ0n) is 7.80. The van der Waals surface area contributed by atoms with Crippen LogP contribution in [0.25, 0.3) is 5.76 Å². The summed E-state index contributed by atoms with van der Waals surface area (Å²) in [7, 11) is -1.14. The van der Waals surface area contributed by atoms with Gasteiger partial charge in [0.2, 0.25) is 0 Å². The fourth-order valence-electron chi connectivity index (χ4n) is 1.61. The topological polar surface area (TPSA) is 50.2 Å². The predicted octanol–water partition coefficient (Wildman–Crippen LogP) is 2.15. The Morgan fingerprint density at radius 3 is 3.14 bits per heavy atom. The quantitative estimate of drug-likeness (QED) is 0.771. The highest BCUT2D eigenvalue weighted by Gasteiger charge is 2.26. The van der Waals surface area contributed by atoms with Crippen molar-refractivity contribution in [3.05, 3.63) is 35.0 Å². The molecule has 0 saturated heterocycles. The number of fused-ring (bicyclic) bond motifs is 1. The van der Waals surface area contributed by atoms with E-state index in [1.165, 1.54) is 5.41 Å². The van der Waals surface area contributed by atoms with Crippen LogP contribution >= 0.6 is 0 Å². The molecule has 1 aliphatic rings. The average molecular weight is 209 g/mol. The molecule has 0 saturated carbocycles. The lowest BCUT2D eigenvalue weighted by Crippen LogP contribution is -2.13. The third-order valence-corrected chi connectivity index (χ3v) is 3.87. The summed E-state index contributed by atoms with van der Waals surface area (Å²) >= 11 is 0. The van der Waals surface area contributed by atoms with E-state index in [9.17, 15) is 9.32 Å². The van der Waals surface area contributed by atoms with Gasteiger partial charge in [-0.3, -0.25) is 9.19 Å². The van der Waals surface area contributed by atoms with Crippen molar-refractivity contribution in [1.29, 1.82) is 0 Å². The summed E-state index contributed by atoms with van der Waals surface area (Å²) in [6.07, 6.45) is 2.43. The molecule has 0 aromatic carbocycles. The predicted molar refractivity (Wildman–Crippen MR) is 56.0 cm³/mol. The molecule has 0 fully saturated rings. The van der Waals surface area contributed by atoms with E-state index in [2.05, 4.69) is 4.98 Å². The van der Waals surface area contributed by atoms with Gasteiger partial charge in [0.15, 0.2) is 0 Å². The van der Waals surface area contributed by atoms with Crippen molar-refractivity contribution in [2.75, 3.05) is 0 Å². The maximum atomic E-state index is 11.6. The van der Waals surface area contributed by atoms with Gasteiger partial charge in [-0.1, -0.05) is 6.92 Å². The summed E-state index contributed by atoms with van der Waals surface area (Å²) in [5.74, 6) is 0.0798. The van der Waals surface area contributed by atoms with E-state index >= 15 is 0 Å². The fraction of sp³-hybridized carbons (Fsp3) is 0.300. The van der Waals surface area contributed by atoms with Crippen LogP contribution in [0.2, 0.25) is 0 Å². The Morgan fingerprint density at radius 2 is 2.43 bits per heavy atom. The number of aliphatic hydroxyl groups excluding tert-OH is 1. The summed E-state index contributed by atoms with van der Waals surface area (Å²) in [6, 6.07) is 3.57. The van der Waals surface area contributed by atoms with Crippen LogP contribution in [-0.4, -0.2) is 14.3 Å². The first kappa shape index (κ1) is 9.40. The van der Waals surface area contributed by atoms with Gasteiger partial charge in [0.05, 0.1) is 21.7 Å². The number of nitrogens with zero attached hydrogens (tertiary/aromatic N) is 1. The van der Waals surface area contributed by atoms with Crippen LogP contribution in [0.3, 0.4) is 0 Å². The Hall–Kier alpha value is -1.16. The molecule has 2 rings (SSSR count). The van der Waals surface area contributed by atoms with E-state index in [4.69, 9.17) is 0 Å². The minimum Gasteiger partial charge on any atom is -0.507 e. The number of rotatable bonds is 1. The van der Waals surface area contributed by atoms with Crippen LogP contribution in [0.1, 0.15) is 29.9 Å². The van der Waals surface area contributed by atoms with Crippen molar-refractivity contribution in [1.82, 2.24) is 4.98 Å². The molecule has 2 heterocycles. The fourth-order valence-corrected chi connectivity index (χ4v) is 2.86. The normalized spacial score (nSPS) is 25.4. The maximum Gasteiger partial charge on any atom is 0.133 e. The van der Waals surface area contributed by atoms with Gasteiger partial charge in [-0.15, -0.1) is 0 Å². The van der Waals surface area contributed by atoms with Crippen molar-refractivity contribution < 1.29 is 9.32 Å². The summed E-state index contributed by atoms with van der Waals surface area (Å²) in [5, 5.41) is 10.9. The van der Waals surface area contributed by atoms with Crippen LogP contribution in [0.4, 0.5) is 0 Å². The molecule has 0 amide bonds. The van der Waals surface area contributed by atoms with Gasteiger partial charge in [-0.2, -0.15) is 0 Å². The van der Waals surface area contributed by atoms with Gasteiger partial charge in [0.1, 0.15) is 5.76 Å². The molecule has 1 aromatic rings. The summed E-state index contributed by atoms with van der Waals surface area (Å²) in [5.41, 5.74) is 1.45. The van der Waals surface area contributed by atoms with Crippen molar-refractivity contribution >= 4 is 16.6 Å². The molecule has 2 atom stereocenters. The van der Waals surface area contributed by atoms with Crippen molar-refractivity contribution in [3.63, 3.8) is 0 Å². The highest BCUT2D eigenvalue weighted by Crippen LogP contribution is 2.33. The zero-order valence-corrected chi connectivity index (χ0v) is 8.62. The lowest BCUT2D eigenvalue weighted by Gasteiger charge is -2.19. The number of pyridine rings is 1. The lowest BCUT2D eigenvalue weighted by atomic mass is 10.1. The molecule has 2 unspecified atom stereocenters. The van der Waals surface area contributed by atoms with E-state index in [0.717, 1.165) is 12.1 Å². The SMILES string of the molecule is CCC1c2ncccc2C(O)=CS1=O. The summed E-state index contributed by atoms with van der Waals surface area (Å²) in [4.78, 5) is 4.18. The first-order valence-electron chi connectivity index (χ1n) is 4.49. The molecule has 74 valence electrons. The average Bonchev–Trinajstić information content (AvgIpc) is 2.18. The molecule has 1 aromatic heterocycles. The summed E-state index contributed by atoms with van der Waals surface area (Å²) in [6.45, 7) is 1.97. The number of aliphatic hydroxyl groups is 1. The Labute approximate surface area is 84.9 Å². The second-order valence-electron chi connectivity index (χ2n) is 3.16. The monoisotopic (exact) mass is 209 g/mol. The zero-order chi connectivity index (χ0) is 10.1. The molecule has 0 aliphatic carbocycles. The van der Waals surface area contributed by atoms with Gasteiger partial charge >= 0.3 is 0 Å². The van der Waals surface area contributed by atoms with Crippen molar-refractivity contribution in [3.8, 4) is 0 Å². The van der Waals surface area contributed by atoms with Gasteiger partial charge in [-0.25, -0.2) is 0 Å². The van der Waals surface area contributed by atoms with Gasteiger partial charge in [-0.05, 0) is 18.6 Å². The highest BCUT2D eigenvalue weighted by molar-refractivity contribution is 7.88. The largest absolute Gasteiger partial charge is 0.507 e. The number of aromatic nitrogens is 1. The Morgan fingerprint density at radius 1 is 1.64 bits per heavy atom. The van der Waals surface area contributed by atoms with Crippen LogP contribution in [-0.2, 0) is 10.8 Å². The van der Waals surface area contributed by atoms with Crippen LogP contribution in [0.5, 0.6) is 0 Å². The van der Waals surface area contributed by atoms with Gasteiger partial charge < -0.3 is 5.11 Å². The molecule has 0 radical (unpaired) electrons. The van der Waals surface area contributed by atoms with Gasteiger partial charge in [0.25, 0.3) is 0 Å². The van der Waals surface area contributed by atoms with E-state index in [1.807, 2.05) is 6.92 Å². The Kier molecular flexibility index (Phi) is 2.37. The molecule has 14 heavy (non-hydrogen) atoms. The van der Waals surface area contributed by atoms with Crippen molar-refractivity contribution in [2.45, 2.75) is 18.6 Å². The van der Waals surface area contributed by atoms with Crippen LogP contribution < -0.4 is 0 Å². The first-order chi connectivity index (χ1) is 6.74. The second kappa shape index (κ2) is 3.53. The smallest absolute Gasteiger partial charge is 0.133 e. The third kappa shape index (κ3) is 1.35. The van der Waals surface area contributed by atoms with E-state index in [1.54, 1.807) is 18.3 Å². The Balaban J connectivity index is 2.60. The molecule has 0 bridgehead atoms. The molecule has 0 spiro atoms. The molecular weight excluding hydrogens is 198 g/mol. The maximum absolute atomic E-state index is 11.6. The van der Waals surface area contributed by atoms with E-state index < -0.39 is 10.8 Å². The standard InChI is InChI=1S/C10H11NO2S/c1-2-9-10-7(4-3-5-11-10)8(12)6-14(9)13/h3-6,9,12H,2H2,1H3. The molecular formula is C10H11NO2S. The second-order valence-corrected chi connectivity index (χ2v) is 4.63. The highest BCUT2D eigenvalue weighted by atomic mass is 32.2. The van der Waals surface area contributed by atoms with E-state index in [0.29, 0.717) is 5.56 Å². The molecule has 1 N–H and O–H groups in total. The van der Waals surface area contributed by atoms with Gasteiger partial charge in [0, 0.05) is 17.2 Å². The molecule has 1 aliphatic heterocycles. The van der Waals surface area contributed by atoms with E-state index in [-0.39, 0.29) is 11.0 Å². The van der Waals surface area contributed by atoms with Crippen LogP contribution in [0.15, 0.2) is 23.7 Å². The number of hydrogen-bond donors (Lipinski definition) is 1. The van der Waals surface area contributed by atoms with Crippen molar-refractivity contribution in [2.24, 2.45) is 0 Å². The minimum atomic E-state index is -1.14. The lowest BCUT2D eigenvalue weighted by molar-refractivity contribution is 0.509. The molecule has 3 nitrogen and oxygen atoms in total. The number of hydrogen-bond acceptors (Lipinski definition) is 3. The molecule has 4 heteroatoms. The first-order valence-corrected chi connectivity index (χ1v) is 5.77. The minimum absolute atomic E-state index is 0.0798. The van der Waals surface area contributed by atoms with Crippen LogP contribution in [0, 0.1) is 0 Å². The third-order valence-electron chi connectivity index (χ3n) is 2.30. The summed E-state index contributed by atoms with van der Waals surface area (Å²) < 4.78 is 11.6.